The molecule has 178 valence electrons. The van der Waals surface area contributed by atoms with Gasteiger partial charge in [0.1, 0.15) is 17.9 Å². The van der Waals surface area contributed by atoms with Gasteiger partial charge >= 0.3 is 6.03 Å². The van der Waals surface area contributed by atoms with Gasteiger partial charge in [-0.3, -0.25) is 14.5 Å². The standard InChI is InChI=1S/C24H25N3O7/c1-24(19-11-15-7-5-6-8-16(15)34-19)22(29)27(23(30)26-24)13-20(28)25-12-14-9-17(31-2)21(33-4)18(10-14)32-3/h5-11H,12-13H2,1-4H3,(H,25,28)(H,26,30). The molecule has 1 aliphatic heterocycles. The van der Waals surface area contributed by atoms with E-state index < -0.39 is 29.9 Å². The first-order valence-corrected chi connectivity index (χ1v) is 10.5. The molecule has 0 radical (unpaired) electrons. The van der Waals surface area contributed by atoms with E-state index in [2.05, 4.69) is 10.6 Å². The average Bonchev–Trinajstić information content (AvgIpc) is 3.37. The van der Waals surface area contributed by atoms with Crippen LogP contribution in [0.2, 0.25) is 0 Å². The number of hydrogen-bond acceptors (Lipinski definition) is 7. The highest BCUT2D eigenvalue weighted by molar-refractivity contribution is 6.09. The van der Waals surface area contributed by atoms with E-state index in [-0.39, 0.29) is 6.54 Å². The number of furan rings is 1. The molecule has 0 spiro atoms. The van der Waals surface area contributed by atoms with Crippen LogP contribution in [-0.4, -0.2) is 50.6 Å². The highest BCUT2D eigenvalue weighted by Gasteiger charge is 2.51. The Labute approximate surface area is 195 Å². The van der Waals surface area contributed by atoms with Crippen LogP contribution in [0.25, 0.3) is 11.0 Å². The predicted molar refractivity (Wildman–Crippen MR) is 122 cm³/mol. The van der Waals surface area contributed by atoms with Crippen molar-refractivity contribution in [1.29, 1.82) is 0 Å². The van der Waals surface area contributed by atoms with Crippen molar-refractivity contribution >= 4 is 28.8 Å². The first-order valence-electron chi connectivity index (χ1n) is 10.5. The monoisotopic (exact) mass is 467 g/mol. The minimum atomic E-state index is -1.41. The molecule has 1 fully saturated rings. The predicted octanol–water partition coefficient (Wildman–Crippen LogP) is 2.54. The number of carbonyl (C=O) groups excluding carboxylic acids is 3. The summed E-state index contributed by atoms with van der Waals surface area (Å²) < 4.78 is 21.7. The van der Waals surface area contributed by atoms with Crippen molar-refractivity contribution in [2.45, 2.75) is 19.0 Å². The number of nitrogens with one attached hydrogen (secondary N) is 2. The number of carbonyl (C=O) groups is 3. The maximum atomic E-state index is 13.1. The molecule has 1 aromatic heterocycles. The van der Waals surface area contributed by atoms with Gasteiger partial charge in [-0.25, -0.2) is 4.79 Å². The summed E-state index contributed by atoms with van der Waals surface area (Å²) in [6.07, 6.45) is 0. The van der Waals surface area contributed by atoms with E-state index in [9.17, 15) is 14.4 Å². The van der Waals surface area contributed by atoms with Crippen LogP contribution in [-0.2, 0) is 21.7 Å². The van der Waals surface area contributed by atoms with Gasteiger partial charge in [-0.15, -0.1) is 0 Å². The van der Waals surface area contributed by atoms with Gasteiger partial charge in [0, 0.05) is 11.9 Å². The Hall–Kier alpha value is -4.21. The van der Waals surface area contributed by atoms with Crippen LogP contribution in [0.5, 0.6) is 17.2 Å². The van der Waals surface area contributed by atoms with Crippen LogP contribution in [0.3, 0.4) is 0 Å². The first kappa shape index (κ1) is 23.0. The minimum absolute atomic E-state index is 0.125. The van der Waals surface area contributed by atoms with Gasteiger partial charge in [0.25, 0.3) is 5.91 Å². The summed E-state index contributed by atoms with van der Waals surface area (Å²) >= 11 is 0. The molecule has 4 amide bonds. The van der Waals surface area contributed by atoms with Gasteiger partial charge in [-0.1, -0.05) is 18.2 Å². The van der Waals surface area contributed by atoms with Crippen LogP contribution in [0.4, 0.5) is 4.79 Å². The SMILES string of the molecule is COc1cc(CNC(=O)CN2C(=O)NC(C)(c3cc4ccccc4o3)C2=O)cc(OC)c1OC. The van der Waals surface area contributed by atoms with E-state index in [1.54, 1.807) is 31.2 Å². The molecule has 34 heavy (non-hydrogen) atoms. The maximum absolute atomic E-state index is 13.1. The zero-order chi connectivity index (χ0) is 24.5. The Bertz CT molecular complexity index is 1210. The van der Waals surface area contributed by atoms with Crippen molar-refractivity contribution in [3.05, 3.63) is 53.8 Å². The van der Waals surface area contributed by atoms with E-state index >= 15 is 0 Å². The number of ether oxygens (including phenoxy) is 3. The van der Waals surface area contributed by atoms with E-state index in [0.717, 1.165) is 10.3 Å². The molecule has 10 heteroatoms. The summed E-state index contributed by atoms with van der Waals surface area (Å²) in [5, 5.41) is 6.16. The van der Waals surface area contributed by atoms with E-state index in [4.69, 9.17) is 18.6 Å². The second-order valence-corrected chi connectivity index (χ2v) is 7.91. The first-order chi connectivity index (χ1) is 16.3. The van der Waals surface area contributed by atoms with Crippen molar-refractivity contribution in [2.75, 3.05) is 27.9 Å². The number of urea groups is 1. The third-order valence-corrected chi connectivity index (χ3v) is 5.71. The Morgan fingerprint density at radius 2 is 1.74 bits per heavy atom. The second kappa shape index (κ2) is 8.97. The number of benzene rings is 2. The second-order valence-electron chi connectivity index (χ2n) is 7.91. The number of para-hydroxylation sites is 1. The molecule has 4 rings (SSSR count). The number of hydrogen-bond donors (Lipinski definition) is 2. The third kappa shape index (κ3) is 3.98. The molecule has 1 atom stereocenters. The van der Waals surface area contributed by atoms with Crippen LogP contribution in [0.1, 0.15) is 18.2 Å². The summed E-state index contributed by atoms with van der Waals surface area (Å²) in [5.74, 6) is 0.547. The van der Waals surface area contributed by atoms with Crippen LogP contribution in [0.15, 0.2) is 46.9 Å². The molecule has 1 unspecified atom stereocenters. The van der Waals surface area contributed by atoms with Crippen LogP contribution < -0.4 is 24.8 Å². The van der Waals surface area contributed by atoms with Crippen molar-refractivity contribution < 1.29 is 33.0 Å². The minimum Gasteiger partial charge on any atom is -0.493 e. The molecule has 0 saturated carbocycles. The number of amides is 4. The molecule has 10 nitrogen and oxygen atoms in total. The molecule has 2 N–H and O–H groups in total. The summed E-state index contributed by atoms with van der Waals surface area (Å²) in [5.41, 5.74) is -0.123. The third-order valence-electron chi connectivity index (χ3n) is 5.71. The van der Waals surface area contributed by atoms with Crippen molar-refractivity contribution in [1.82, 2.24) is 15.5 Å². The molecule has 2 aromatic carbocycles. The number of imide groups is 1. The number of rotatable bonds is 8. The fourth-order valence-electron chi connectivity index (χ4n) is 3.87. The number of nitrogens with zero attached hydrogens (tertiary/aromatic N) is 1. The quantitative estimate of drug-likeness (QED) is 0.489. The average molecular weight is 467 g/mol. The van der Waals surface area contributed by atoms with Gasteiger partial charge < -0.3 is 29.3 Å². The van der Waals surface area contributed by atoms with Gasteiger partial charge in [0.15, 0.2) is 17.0 Å². The Morgan fingerprint density at radius 1 is 1.06 bits per heavy atom. The lowest BCUT2D eigenvalue weighted by atomic mass is 9.99. The number of fused-ring (bicyclic) bond motifs is 1. The smallest absolute Gasteiger partial charge is 0.325 e. The normalized spacial score (nSPS) is 17.6. The topological polar surface area (TPSA) is 119 Å². The van der Waals surface area contributed by atoms with E-state index in [1.165, 1.54) is 21.3 Å². The largest absolute Gasteiger partial charge is 0.493 e. The lowest BCUT2D eigenvalue weighted by Gasteiger charge is -2.19. The zero-order valence-corrected chi connectivity index (χ0v) is 19.3. The summed E-state index contributed by atoms with van der Waals surface area (Å²) in [4.78, 5) is 39.1. The molecule has 2 heterocycles. The molecular formula is C24H25N3O7. The zero-order valence-electron chi connectivity index (χ0n) is 19.3. The highest BCUT2D eigenvalue weighted by atomic mass is 16.5. The van der Waals surface area contributed by atoms with Gasteiger partial charge in [0.2, 0.25) is 11.7 Å². The van der Waals surface area contributed by atoms with Crippen LogP contribution in [0, 0.1) is 0 Å². The van der Waals surface area contributed by atoms with Crippen molar-refractivity contribution in [3.63, 3.8) is 0 Å². The van der Waals surface area contributed by atoms with Gasteiger partial charge in [-0.2, -0.15) is 0 Å². The van der Waals surface area contributed by atoms with Crippen molar-refractivity contribution in [3.8, 4) is 17.2 Å². The summed E-state index contributed by atoms with van der Waals surface area (Å²) in [6, 6.07) is 11.7. The number of methoxy groups -OCH3 is 3. The fraction of sp³-hybridized carbons (Fsp3) is 0.292. The van der Waals surface area contributed by atoms with Gasteiger partial charge in [0.05, 0.1) is 21.3 Å². The molecule has 1 saturated heterocycles. The Morgan fingerprint density at radius 3 is 2.35 bits per heavy atom. The highest BCUT2D eigenvalue weighted by Crippen LogP contribution is 2.38. The molecule has 3 aromatic rings. The lowest BCUT2D eigenvalue weighted by molar-refractivity contribution is -0.135. The van der Waals surface area contributed by atoms with Crippen LogP contribution >= 0.6 is 0 Å². The maximum Gasteiger partial charge on any atom is 0.325 e. The Balaban J connectivity index is 1.45. The molecule has 0 aliphatic carbocycles. The van der Waals surface area contributed by atoms with Crippen molar-refractivity contribution in [2.24, 2.45) is 0 Å². The Kier molecular flexibility index (Phi) is 6.06. The van der Waals surface area contributed by atoms with E-state index in [1.807, 2.05) is 18.2 Å². The molecule has 1 aliphatic rings. The van der Waals surface area contributed by atoms with E-state index in [0.29, 0.717) is 34.2 Å². The fourth-order valence-corrected chi connectivity index (χ4v) is 3.87. The van der Waals surface area contributed by atoms with Gasteiger partial charge in [-0.05, 0) is 36.8 Å². The summed E-state index contributed by atoms with van der Waals surface area (Å²) in [7, 11) is 4.49. The summed E-state index contributed by atoms with van der Waals surface area (Å²) in [6.45, 7) is 1.24. The lowest BCUT2D eigenvalue weighted by Crippen LogP contribution is -2.43. The molecule has 0 bridgehead atoms. The molecular weight excluding hydrogens is 442 g/mol.